The molecule has 1 aliphatic carbocycles. The summed E-state index contributed by atoms with van der Waals surface area (Å²) in [7, 11) is 0. The highest BCUT2D eigenvalue weighted by atomic mass is 32.1. The molecule has 0 bridgehead atoms. The van der Waals surface area contributed by atoms with Crippen LogP contribution < -0.4 is 5.73 Å². The van der Waals surface area contributed by atoms with Gasteiger partial charge in [-0.15, -0.1) is 11.3 Å². The lowest BCUT2D eigenvalue weighted by Crippen LogP contribution is -2.33. The summed E-state index contributed by atoms with van der Waals surface area (Å²) in [6.07, 6.45) is 4.94. The summed E-state index contributed by atoms with van der Waals surface area (Å²) in [5.41, 5.74) is 7.74. The molecular formula is C10H15NS. The van der Waals surface area contributed by atoms with Crippen LogP contribution in [0.1, 0.15) is 36.1 Å². The predicted molar refractivity (Wildman–Crippen MR) is 53.4 cm³/mol. The van der Waals surface area contributed by atoms with Crippen molar-refractivity contribution < 1.29 is 0 Å². The van der Waals surface area contributed by atoms with E-state index in [1.54, 1.807) is 0 Å². The number of aryl methyl sites for hydroxylation is 1. The molecule has 1 aliphatic rings. The van der Waals surface area contributed by atoms with Crippen LogP contribution in [-0.2, 0) is 5.54 Å². The van der Waals surface area contributed by atoms with Gasteiger partial charge in [-0.3, -0.25) is 0 Å². The molecule has 2 N–H and O–H groups in total. The van der Waals surface area contributed by atoms with E-state index in [-0.39, 0.29) is 5.54 Å². The van der Waals surface area contributed by atoms with Crippen LogP contribution in [-0.4, -0.2) is 0 Å². The Morgan fingerprint density at radius 3 is 2.58 bits per heavy atom. The van der Waals surface area contributed by atoms with Crippen LogP contribution in [0.3, 0.4) is 0 Å². The Balaban J connectivity index is 2.34. The molecule has 1 fully saturated rings. The maximum Gasteiger partial charge on any atom is 0.0420 e. The van der Waals surface area contributed by atoms with Gasteiger partial charge in [0.1, 0.15) is 0 Å². The molecule has 1 nitrogen and oxygen atoms in total. The summed E-state index contributed by atoms with van der Waals surface area (Å²) in [5.74, 6) is 0. The Morgan fingerprint density at radius 1 is 1.42 bits per heavy atom. The third-order valence-electron chi connectivity index (χ3n) is 2.89. The molecule has 0 amide bonds. The molecule has 0 aromatic carbocycles. The van der Waals surface area contributed by atoms with Crippen LogP contribution >= 0.6 is 11.3 Å². The average molecular weight is 181 g/mol. The molecule has 12 heavy (non-hydrogen) atoms. The lowest BCUT2D eigenvalue weighted by molar-refractivity contribution is 0.461. The molecule has 1 heterocycles. The Labute approximate surface area is 77.6 Å². The molecule has 0 saturated heterocycles. The first kappa shape index (κ1) is 8.27. The van der Waals surface area contributed by atoms with E-state index < -0.39 is 0 Å². The minimum absolute atomic E-state index is 0.0179. The number of nitrogens with two attached hydrogens (primary N) is 1. The summed E-state index contributed by atoms with van der Waals surface area (Å²) in [6.45, 7) is 2.17. The molecule has 0 spiro atoms. The SMILES string of the molecule is Cc1sccc1C1(N)CCCC1. The lowest BCUT2D eigenvalue weighted by atomic mass is 9.90. The molecule has 1 aromatic heterocycles. The number of hydrogen-bond donors (Lipinski definition) is 1. The standard InChI is InChI=1S/C10H15NS/c1-8-9(4-7-12-8)10(11)5-2-3-6-10/h4,7H,2-3,5-6,11H2,1H3. The van der Waals surface area contributed by atoms with E-state index in [1.807, 2.05) is 11.3 Å². The third-order valence-corrected chi connectivity index (χ3v) is 3.74. The van der Waals surface area contributed by atoms with Crippen molar-refractivity contribution in [2.45, 2.75) is 38.1 Å². The van der Waals surface area contributed by atoms with E-state index in [0.717, 1.165) is 0 Å². The van der Waals surface area contributed by atoms with Gasteiger partial charge in [-0.05, 0) is 36.8 Å². The molecule has 0 radical (unpaired) electrons. The number of thiophene rings is 1. The molecule has 66 valence electrons. The van der Waals surface area contributed by atoms with Crippen molar-refractivity contribution in [3.63, 3.8) is 0 Å². The Hall–Kier alpha value is -0.340. The van der Waals surface area contributed by atoms with E-state index >= 15 is 0 Å². The van der Waals surface area contributed by atoms with Crippen LogP contribution in [0.4, 0.5) is 0 Å². The van der Waals surface area contributed by atoms with Gasteiger partial charge in [-0.2, -0.15) is 0 Å². The first-order chi connectivity index (χ1) is 5.72. The fraction of sp³-hybridized carbons (Fsp3) is 0.600. The molecule has 1 aromatic rings. The first-order valence-corrected chi connectivity index (χ1v) is 5.44. The van der Waals surface area contributed by atoms with Crippen molar-refractivity contribution in [1.82, 2.24) is 0 Å². The van der Waals surface area contributed by atoms with Gasteiger partial charge < -0.3 is 5.73 Å². The zero-order valence-corrected chi connectivity index (χ0v) is 8.29. The normalized spacial score (nSPS) is 21.5. The van der Waals surface area contributed by atoms with E-state index in [0.29, 0.717) is 0 Å². The topological polar surface area (TPSA) is 26.0 Å². The zero-order valence-electron chi connectivity index (χ0n) is 7.47. The lowest BCUT2D eigenvalue weighted by Gasteiger charge is -2.23. The Kier molecular flexibility index (Phi) is 1.97. The maximum atomic E-state index is 6.33. The van der Waals surface area contributed by atoms with E-state index in [1.165, 1.54) is 36.1 Å². The minimum atomic E-state index is 0.0179. The van der Waals surface area contributed by atoms with Gasteiger partial charge in [0, 0.05) is 10.4 Å². The maximum absolute atomic E-state index is 6.33. The van der Waals surface area contributed by atoms with Gasteiger partial charge in [-0.1, -0.05) is 12.8 Å². The fourth-order valence-corrected chi connectivity index (χ4v) is 2.98. The van der Waals surface area contributed by atoms with E-state index in [4.69, 9.17) is 5.73 Å². The number of rotatable bonds is 1. The average Bonchev–Trinajstić information content (AvgIpc) is 2.59. The number of hydrogen-bond acceptors (Lipinski definition) is 2. The van der Waals surface area contributed by atoms with E-state index in [9.17, 15) is 0 Å². The smallest absolute Gasteiger partial charge is 0.0420 e. The molecule has 2 rings (SSSR count). The zero-order chi connectivity index (χ0) is 8.60. The highest BCUT2D eigenvalue weighted by Gasteiger charge is 2.32. The van der Waals surface area contributed by atoms with Crippen LogP contribution in [0.25, 0.3) is 0 Å². The van der Waals surface area contributed by atoms with Crippen LogP contribution in [0.2, 0.25) is 0 Å². The van der Waals surface area contributed by atoms with Crippen molar-refractivity contribution in [3.8, 4) is 0 Å². The van der Waals surface area contributed by atoms with Crippen LogP contribution in [0.15, 0.2) is 11.4 Å². The second-order valence-corrected chi connectivity index (χ2v) is 4.87. The molecule has 0 aliphatic heterocycles. The summed E-state index contributed by atoms with van der Waals surface area (Å²) < 4.78 is 0. The molecule has 1 saturated carbocycles. The monoisotopic (exact) mass is 181 g/mol. The van der Waals surface area contributed by atoms with Crippen LogP contribution in [0.5, 0.6) is 0 Å². The highest BCUT2D eigenvalue weighted by molar-refractivity contribution is 7.10. The van der Waals surface area contributed by atoms with Gasteiger partial charge in [0.05, 0.1) is 0 Å². The van der Waals surface area contributed by atoms with Crippen molar-refractivity contribution >= 4 is 11.3 Å². The van der Waals surface area contributed by atoms with E-state index in [2.05, 4.69) is 18.4 Å². The highest BCUT2D eigenvalue weighted by Crippen LogP contribution is 2.39. The van der Waals surface area contributed by atoms with Gasteiger partial charge in [0.15, 0.2) is 0 Å². The second kappa shape index (κ2) is 2.86. The Bertz CT molecular complexity index is 271. The summed E-state index contributed by atoms with van der Waals surface area (Å²) in [4.78, 5) is 1.40. The van der Waals surface area contributed by atoms with Crippen molar-refractivity contribution in [3.05, 3.63) is 21.9 Å². The summed E-state index contributed by atoms with van der Waals surface area (Å²) in [5, 5.41) is 2.15. The minimum Gasteiger partial charge on any atom is -0.321 e. The van der Waals surface area contributed by atoms with Gasteiger partial charge >= 0.3 is 0 Å². The van der Waals surface area contributed by atoms with Gasteiger partial charge in [-0.25, -0.2) is 0 Å². The predicted octanol–water partition coefficient (Wildman–Crippen LogP) is 2.78. The van der Waals surface area contributed by atoms with Crippen molar-refractivity contribution in [1.29, 1.82) is 0 Å². The quantitative estimate of drug-likeness (QED) is 0.708. The largest absolute Gasteiger partial charge is 0.321 e. The first-order valence-electron chi connectivity index (χ1n) is 4.56. The Morgan fingerprint density at radius 2 is 2.08 bits per heavy atom. The summed E-state index contributed by atoms with van der Waals surface area (Å²) in [6, 6.07) is 2.20. The third kappa shape index (κ3) is 1.19. The molecular weight excluding hydrogens is 166 g/mol. The van der Waals surface area contributed by atoms with Gasteiger partial charge in [0.25, 0.3) is 0 Å². The molecule has 2 heteroatoms. The molecule has 0 atom stereocenters. The van der Waals surface area contributed by atoms with Crippen molar-refractivity contribution in [2.75, 3.05) is 0 Å². The van der Waals surface area contributed by atoms with Crippen LogP contribution in [0, 0.1) is 6.92 Å². The van der Waals surface area contributed by atoms with Gasteiger partial charge in [0.2, 0.25) is 0 Å². The van der Waals surface area contributed by atoms with Crippen molar-refractivity contribution in [2.24, 2.45) is 5.73 Å². The summed E-state index contributed by atoms with van der Waals surface area (Å²) >= 11 is 1.81. The second-order valence-electron chi connectivity index (χ2n) is 3.75. The fourth-order valence-electron chi connectivity index (χ4n) is 2.18. The molecule has 0 unspecified atom stereocenters.